The number of nitrogens with one attached hydrogen (secondary N) is 1. The molecule has 0 aliphatic carbocycles. The minimum Gasteiger partial charge on any atom is -0.493 e. The molecule has 0 radical (unpaired) electrons. The Morgan fingerprint density at radius 3 is 2.68 bits per heavy atom. The first-order chi connectivity index (χ1) is 15.0. The Balaban J connectivity index is 1.69. The number of aromatic nitrogens is 6. The third-order valence-electron chi connectivity index (χ3n) is 5.53. The monoisotopic (exact) mass is 419 g/mol. The van der Waals surface area contributed by atoms with Gasteiger partial charge in [-0.2, -0.15) is 14.3 Å². The molecule has 0 saturated heterocycles. The standard InChI is InChI=1S/C21H21N7O3/c1-11-19-14(13-6-5-7-15(30-3)20(13)31-4)10-18(29)22-21(19)28(25-11)17-9-8-16-24-23-12(2)27(16)26-17/h5-9,14H,10H2,1-4H3,(H,22,29)/t14-/m1/s1. The topological polar surface area (TPSA) is 108 Å². The molecule has 1 amide bonds. The lowest BCUT2D eigenvalue weighted by Crippen LogP contribution is -2.25. The number of carbonyl (C=O) groups is 1. The molecule has 10 heteroatoms. The fourth-order valence-electron chi connectivity index (χ4n) is 4.16. The highest BCUT2D eigenvalue weighted by atomic mass is 16.5. The van der Waals surface area contributed by atoms with Gasteiger partial charge in [-0.25, -0.2) is 0 Å². The van der Waals surface area contributed by atoms with E-state index in [1.807, 2.05) is 38.1 Å². The Morgan fingerprint density at radius 2 is 1.90 bits per heavy atom. The van der Waals surface area contributed by atoms with Crippen molar-refractivity contribution in [1.29, 1.82) is 0 Å². The van der Waals surface area contributed by atoms with Gasteiger partial charge in [0.1, 0.15) is 5.82 Å². The van der Waals surface area contributed by atoms with Crippen molar-refractivity contribution in [2.45, 2.75) is 26.2 Å². The molecule has 158 valence electrons. The van der Waals surface area contributed by atoms with Crippen LogP contribution in [0.15, 0.2) is 30.3 Å². The van der Waals surface area contributed by atoms with E-state index in [1.54, 1.807) is 29.5 Å². The van der Waals surface area contributed by atoms with Crippen LogP contribution in [-0.4, -0.2) is 49.7 Å². The lowest BCUT2D eigenvalue weighted by Gasteiger charge is -2.26. The van der Waals surface area contributed by atoms with E-state index in [0.717, 1.165) is 16.8 Å². The molecule has 0 bridgehead atoms. The minimum absolute atomic E-state index is 0.106. The van der Waals surface area contributed by atoms with Crippen LogP contribution in [0.4, 0.5) is 5.82 Å². The third kappa shape index (κ3) is 2.90. The Labute approximate surface area is 177 Å². The zero-order valence-corrected chi connectivity index (χ0v) is 17.6. The summed E-state index contributed by atoms with van der Waals surface area (Å²) < 4.78 is 14.4. The molecule has 0 saturated carbocycles. The number of hydrogen-bond acceptors (Lipinski definition) is 7. The van der Waals surface area contributed by atoms with Gasteiger partial charge in [-0.3, -0.25) is 4.79 Å². The number of carbonyl (C=O) groups excluding carboxylic acids is 1. The number of nitrogens with zero attached hydrogens (tertiary/aromatic N) is 6. The van der Waals surface area contributed by atoms with Crippen molar-refractivity contribution in [2.24, 2.45) is 0 Å². The minimum atomic E-state index is -0.233. The summed E-state index contributed by atoms with van der Waals surface area (Å²) in [6.07, 6.45) is 0.278. The van der Waals surface area contributed by atoms with Gasteiger partial charge in [0.05, 0.1) is 19.9 Å². The van der Waals surface area contributed by atoms with Gasteiger partial charge in [-0.15, -0.1) is 15.3 Å². The zero-order valence-electron chi connectivity index (χ0n) is 17.6. The zero-order chi connectivity index (χ0) is 21.7. The number of methoxy groups -OCH3 is 2. The number of benzene rings is 1. The smallest absolute Gasteiger partial charge is 0.226 e. The lowest BCUT2D eigenvalue weighted by atomic mass is 9.85. The number of anilines is 1. The normalized spacial score (nSPS) is 15.6. The van der Waals surface area contributed by atoms with Crippen LogP contribution in [0.25, 0.3) is 11.5 Å². The number of fused-ring (bicyclic) bond motifs is 2. The molecule has 0 fully saturated rings. The van der Waals surface area contributed by atoms with Gasteiger partial charge in [-0.05, 0) is 32.0 Å². The second-order valence-corrected chi connectivity index (χ2v) is 7.36. The van der Waals surface area contributed by atoms with Crippen LogP contribution in [0.1, 0.15) is 35.0 Å². The van der Waals surface area contributed by atoms with E-state index in [2.05, 4.69) is 20.6 Å². The maximum Gasteiger partial charge on any atom is 0.226 e. The molecule has 1 N–H and O–H groups in total. The largest absolute Gasteiger partial charge is 0.493 e. The molecule has 5 rings (SSSR count). The first-order valence-corrected chi connectivity index (χ1v) is 9.81. The number of aryl methyl sites for hydroxylation is 2. The SMILES string of the molecule is COc1cccc([C@H]2CC(=O)Nc3c2c(C)nn3-c2ccc3nnc(C)n3n2)c1OC. The van der Waals surface area contributed by atoms with Crippen molar-refractivity contribution in [3.05, 3.63) is 53.0 Å². The van der Waals surface area contributed by atoms with E-state index in [-0.39, 0.29) is 18.2 Å². The van der Waals surface area contributed by atoms with Crippen molar-refractivity contribution < 1.29 is 14.3 Å². The second kappa shape index (κ2) is 7.08. The van der Waals surface area contributed by atoms with E-state index in [9.17, 15) is 4.79 Å². The van der Waals surface area contributed by atoms with Gasteiger partial charge in [-0.1, -0.05) is 12.1 Å². The van der Waals surface area contributed by atoms with Crippen molar-refractivity contribution >= 4 is 17.4 Å². The highest BCUT2D eigenvalue weighted by Gasteiger charge is 2.35. The summed E-state index contributed by atoms with van der Waals surface area (Å²) in [5, 5.41) is 20.4. The first-order valence-electron chi connectivity index (χ1n) is 9.81. The number of ether oxygens (including phenoxy) is 2. The molecule has 1 aromatic carbocycles. The van der Waals surface area contributed by atoms with Crippen molar-refractivity contribution in [3.8, 4) is 17.3 Å². The first kappa shape index (κ1) is 19.0. The number of para-hydroxylation sites is 1. The number of amides is 1. The maximum absolute atomic E-state index is 12.7. The van der Waals surface area contributed by atoms with Gasteiger partial charge in [0, 0.05) is 23.5 Å². The average molecular weight is 419 g/mol. The predicted molar refractivity (Wildman–Crippen MR) is 112 cm³/mol. The lowest BCUT2D eigenvalue weighted by molar-refractivity contribution is -0.116. The molecule has 1 atom stereocenters. The molecule has 0 spiro atoms. The molecule has 4 aromatic rings. The van der Waals surface area contributed by atoms with Crippen LogP contribution in [0.2, 0.25) is 0 Å². The van der Waals surface area contributed by atoms with Gasteiger partial charge >= 0.3 is 0 Å². The summed E-state index contributed by atoms with van der Waals surface area (Å²) >= 11 is 0. The number of rotatable bonds is 4. The van der Waals surface area contributed by atoms with E-state index >= 15 is 0 Å². The van der Waals surface area contributed by atoms with Crippen LogP contribution in [0.3, 0.4) is 0 Å². The summed E-state index contributed by atoms with van der Waals surface area (Å²) in [5.74, 6) is 2.71. The van der Waals surface area contributed by atoms with E-state index < -0.39 is 0 Å². The Kier molecular flexibility index (Phi) is 4.35. The maximum atomic E-state index is 12.7. The van der Waals surface area contributed by atoms with Gasteiger partial charge in [0.2, 0.25) is 5.91 Å². The molecule has 31 heavy (non-hydrogen) atoms. The fourth-order valence-corrected chi connectivity index (χ4v) is 4.16. The molecule has 4 heterocycles. The number of hydrogen-bond donors (Lipinski definition) is 1. The quantitative estimate of drug-likeness (QED) is 0.541. The molecule has 3 aromatic heterocycles. The summed E-state index contributed by atoms with van der Waals surface area (Å²) in [6, 6.07) is 9.31. The van der Waals surface area contributed by atoms with Crippen LogP contribution >= 0.6 is 0 Å². The Bertz CT molecular complexity index is 1320. The summed E-state index contributed by atoms with van der Waals surface area (Å²) in [5.41, 5.74) is 3.24. The van der Waals surface area contributed by atoms with Crippen molar-refractivity contribution in [3.63, 3.8) is 0 Å². The summed E-state index contributed by atoms with van der Waals surface area (Å²) in [6.45, 7) is 3.75. The van der Waals surface area contributed by atoms with Crippen molar-refractivity contribution in [1.82, 2.24) is 29.6 Å². The Morgan fingerprint density at radius 1 is 1.06 bits per heavy atom. The van der Waals surface area contributed by atoms with Crippen LogP contribution in [-0.2, 0) is 4.79 Å². The summed E-state index contributed by atoms with van der Waals surface area (Å²) in [4.78, 5) is 12.7. The third-order valence-corrected chi connectivity index (χ3v) is 5.53. The van der Waals surface area contributed by atoms with Crippen LogP contribution in [0, 0.1) is 13.8 Å². The highest BCUT2D eigenvalue weighted by Crippen LogP contribution is 2.45. The second-order valence-electron chi connectivity index (χ2n) is 7.36. The molecular formula is C21H21N7O3. The van der Waals surface area contributed by atoms with E-state index in [0.29, 0.717) is 34.6 Å². The van der Waals surface area contributed by atoms with Crippen LogP contribution in [0.5, 0.6) is 11.5 Å². The van der Waals surface area contributed by atoms with Gasteiger partial charge in [0.25, 0.3) is 0 Å². The van der Waals surface area contributed by atoms with Gasteiger partial charge < -0.3 is 14.8 Å². The van der Waals surface area contributed by atoms with Gasteiger partial charge in [0.15, 0.2) is 28.8 Å². The predicted octanol–water partition coefficient (Wildman–Crippen LogP) is 2.42. The van der Waals surface area contributed by atoms with Crippen molar-refractivity contribution in [2.75, 3.05) is 19.5 Å². The Hall–Kier alpha value is -3.95. The van der Waals surface area contributed by atoms with E-state index in [1.165, 1.54) is 0 Å². The molecule has 1 aliphatic heterocycles. The molecule has 0 unspecified atom stereocenters. The van der Waals surface area contributed by atoms with E-state index in [4.69, 9.17) is 14.6 Å². The fraction of sp³-hybridized carbons (Fsp3) is 0.286. The average Bonchev–Trinajstić information content (AvgIpc) is 3.32. The highest BCUT2D eigenvalue weighted by molar-refractivity contribution is 5.95. The summed E-state index contributed by atoms with van der Waals surface area (Å²) in [7, 11) is 3.20. The molecule has 10 nitrogen and oxygen atoms in total. The molecular weight excluding hydrogens is 398 g/mol. The molecule has 1 aliphatic rings. The van der Waals surface area contributed by atoms with Crippen LogP contribution < -0.4 is 14.8 Å².